The number of rotatable bonds is 4. The number of anilines is 1. The molecule has 126 valence electrons. The molecule has 1 fully saturated rings. The van der Waals surface area contributed by atoms with Gasteiger partial charge in [0.25, 0.3) is 5.91 Å². The Labute approximate surface area is 143 Å². The number of carbonyl (C=O) groups excluding carboxylic acids is 1. The van der Waals surface area contributed by atoms with E-state index in [0.29, 0.717) is 0 Å². The first-order valence-electron chi connectivity index (χ1n) is 8.55. The van der Waals surface area contributed by atoms with Gasteiger partial charge in [-0.15, -0.1) is 0 Å². The molecule has 0 aliphatic carbocycles. The first-order valence-corrected chi connectivity index (χ1v) is 8.55. The molecular formula is C20H25N3O. The SMILES string of the molecule is Cc1ccccc1C(=O)NC1CCN(Cc2cccc(N)c2)CC1. The average Bonchev–Trinajstić information content (AvgIpc) is 2.57. The number of piperidine rings is 1. The van der Waals surface area contributed by atoms with E-state index in [1.165, 1.54) is 5.56 Å². The number of nitrogens with zero attached hydrogens (tertiary/aromatic N) is 1. The third-order valence-electron chi connectivity index (χ3n) is 4.67. The number of aryl methyl sites for hydroxylation is 1. The summed E-state index contributed by atoms with van der Waals surface area (Å²) in [5.41, 5.74) is 9.70. The highest BCUT2D eigenvalue weighted by molar-refractivity contribution is 5.95. The molecule has 3 rings (SSSR count). The van der Waals surface area contributed by atoms with Crippen molar-refractivity contribution < 1.29 is 4.79 Å². The van der Waals surface area contributed by atoms with Gasteiger partial charge in [0.1, 0.15) is 0 Å². The van der Waals surface area contributed by atoms with Crippen molar-refractivity contribution in [3.05, 3.63) is 65.2 Å². The number of nitrogens with two attached hydrogens (primary N) is 1. The first-order chi connectivity index (χ1) is 11.6. The normalized spacial score (nSPS) is 16.0. The molecule has 2 aromatic rings. The number of benzene rings is 2. The Kier molecular flexibility index (Phi) is 5.16. The third kappa shape index (κ3) is 4.15. The number of hydrogen-bond acceptors (Lipinski definition) is 3. The summed E-state index contributed by atoms with van der Waals surface area (Å²) in [6, 6.07) is 16.1. The van der Waals surface area contributed by atoms with Crippen LogP contribution in [0, 0.1) is 6.92 Å². The number of nitrogens with one attached hydrogen (secondary N) is 1. The maximum absolute atomic E-state index is 12.4. The van der Waals surface area contributed by atoms with Crippen LogP contribution in [0.15, 0.2) is 48.5 Å². The molecule has 1 heterocycles. The van der Waals surface area contributed by atoms with E-state index in [1.54, 1.807) is 0 Å². The lowest BCUT2D eigenvalue weighted by molar-refractivity contribution is 0.0908. The van der Waals surface area contributed by atoms with Crippen LogP contribution in [0.1, 0.15) is 34.3 Å². The minimum atomic E-state index is 0.0439. The van der Waals surface area contributed by atoms with Crippen molar-refractivity contribution in [1.82, 2.24) is 10.2 Å². The maximum atomic E-state index is 12.4. The fraction of sp³-hybridized carbons (Fsp3) is 0.350. The van der Waals surface area contributed by atoms with Crippen molar-refractivity contribution in [3.8, 4) is 0 Å². The van der Waals surface area contributed by atoms with E-state index in [-0.39, 0.29) is 11.9 Å². The second-order valence-electron chi connectivity index (χ2n) is 6.58. The molecule has 4 nitrogen and oxygen atoms in total. The number of carbonyl (C=O) groups is 1. The summed E-state index contributed by atoms with van der Waals surface area (Å²) in [5.74, 6) is 0.0439. The zero-order valence-electron chi connectivity index (χ0n) is 14.2. The molecule has 0 radical (unpaired) electrons. The smallest absolute Gasteiger partial charge is 0.251 e. The molecule has 1 amide bonds. The Morgan fingerprint density at radius 1 is 1.17 bits per heavy atom. The molecule has 3 N–H and O–H groups in total. The summed E-state index contributed by atoms with van der Waals surface area (Å²) in [4.78, 5) is 14.8. The van der Waals surface area contributed by atoms with Crippen molar-refractivity contribution in [3.63, 3.8) is 0 Å². The molecule has 0 atom stereocenters. The van der Waals surface area contributed by atoms with Crippen LogP contribution in [0.3, 0.4) is 0 Å². The van der Waals surface area contributed by atoms with Gasteiger partial charge in [-0.2, -0.15) is 0 Å². The molecule has 0 bridgehead atoms. The quantitative estimate of drug-likeness (QED) is 0.851. The van der Waals surface area contributed by atoms with Gasteiger partial charge in [-0.25, -0.2) is 0 Å². The average molecular weight is 323 g/mol. The Morgan fingerprint density at radius 2 is 1.92 bits per heavy atom. The van der Waals surface area contributed by atoms with E-state index in [9.17, 15) is 4.79 Å². The standard InChI is InChI=1S/C20H25N3O/c1-15-5-2-3-8-19(15)20(24)22-18-9-11-23(12-10-18)14-16-6-4-7-17(21)13-16/h2-8,13,18H,9-12,14,21H2,1H3,(H,22,24). The molecule has 1 aliphatic heterocycles. The van der Waals surface area contributed by atoms with Crippen LogP contribution in [-0.4, -0.2) is 29.9 Å². The highest BCUT2D eigenvalue weighted by Gasteiger charge is 2.21. The predicted octanol–water partition coefficient (Wildman–Crippen LogP) is 2.97. The predicted molar refractivity (Wildman–Crippen MR) is 97.8 cm³/mol. The van der Waals surface area contributed by atoms with Gasteiger partial charge < -0.3 is 11.1 Å². The van der Waals surface area contributed by atoms with E-state index in [0.717, 1.165) is 49.3 Å². The molecule has 0 unspecified atom stereocenters. The molecule has 0 saturated carbocycles. The molecule has 4 heteroatoms. The van der Waals surface area contributed by atoms with Crippen molar-refractivity contribution in [1.29, 1.82) is 0 Å². The lowest BCUT2D eigenvalue weighted by Gasteiger charge is -2.32. The summed E-state index contributed by atoms with van der Waals surface area (Å²) in [7, 11) is 0. The first kappa shape index (κ1) is 16.5. The van der Waals surface area contributed by atoms with Crippen molar-refractivity contribution in [2.75, 3.05) is 18.8 Å². The summed E-state index contributed by atoms with van der Waals surface area (Å²) < 4.78 is 0. The van der Waals surface area contributed by atoms with Gasteiger partial charge in [-0.3, -0.25) is 9.69 Å². The van der Waals surface area contributed by atoms with Crippen LogP contribution in [0.5, 0.6) is 0 Å². The molecule has 24 heavy (non-hydrogen) atoms. The fourth-order valence-electron chi connectivity index (χ4n) is 3.28. The topological polar surface area (TPSA) is 58.4 Å². The van der Waals surface area contributed by atoms with Crippen LogP contribution in [0.4, 0.5) is 5.69 Å². The highest BCUT2D eigenvalue weighted by atomic mass is 16.1. The number of likely N-dealkylation sites (tertiary alicyclic amines) is 1. The molecular weight excluding hydrogens is 298 g/mol. The van der Waals surface area contributed by atoms with E-state index < -0.39 is 0 Å². The Bertz CT molecular complexity index is 706. The van der Waals surface area contributed by atoms with E-state index >= 15 is 0 Å². The monoisotopic (exact) mass is 323 g/mol. The molecule has 1 aliphatic rings. The Hall–Kier alpha value is -2.33. The van der Waals surface area contributed by atoms with Gasteiger partial charge in [0.05, 0.1) is 0 Å². The van der Waals surface area contributed by atoms with Crippen LogP contribution in [-0.2, 0) is 6.54 Å². The minimum Gasteiger partial charge on any atom is -0.399 e. The zero-order chi connectivity index (χ0) is 16.9. The largest absolute Gasteiger partial charge is 0.399 e. The lowest BCUT2D eigenvalue weighted by Crippen LogP contribution is -2.44. The van der Waals surface area contributed by atoms with Gasteiger partial charge in [-0.1, -0.05) is 30.3 Å². The van der Waals surface area contributed by atoms with E-state index in [4.69, 9.17) is 5.73 Å². The van der Waals surface area contributed by atoms with Crippen LogP contribution < -0.4 is 11.1 Å². The van der Waals surface area contributed by atoms with Gasteiger partial charge in [0.15, 0.2) is 0 Å². The van der Waals surface area contributed by atoms with Crippen molar-refractivity contribution >= 4 is 11.6 Å². The van der Waals surface area contributed by atoms with Crippen molar-refractivity contribution in [2.24, 2.45) is 0 Å². The lowest BCUT2D eigenvalue weighted by atomic mass is 10.0. The highest BCUT2D eigenvalue weighted by Crippen LogP contribution is 2.16. The van der Waals surface area contributed by atoms with Gasteiger partial charge in [-0.05, 0) is 49.1 Å². The summed E-state index contributed by atoms with van der Waals surface area (Å²) in [6.07, 6.45) is 1.97. The minimum absolute atomic E-state index is 0.0439. The summed E-state index contributed by atoms with van der Waals surface area (Å²) in [5, 5.41) is 3.18. The summed E-state index contributed by atoms with van der Waals surface area (Å²) in [6.45, 7) is 4.88. The summed E-state index contributed by atoms with van der Waals surface area (Å²) >= 11 is 0. The fourth-order valence-corrected chi connectivity index (χ4v) is 3.28. The van der Waals surface area contributed by atoms with Gasteiger partial charge >= 0.3 is 0 Å². The van der Waals surface area contributed by atoms with Gasteiger partial charge in [0, 0.05) is 36.9 Å². The second-order valence-corrected chi connectivity index (χ2v) is 6.58. The Balaban J connectivity index is 1.50. The second kappa shape index (κ2) is 7.49. The zero-order valence-corrected chi connectivity index (χ0v) is 14.2. The van der Waals surface area contributed by atoms with Crippen molar-refractivity contribution in [2.45, 2.75) is 32.4 Å². The molecule has 0 spiro atoms. The number of amides is 1. The maximum Gasteiger partial charge on any atom is 0.251 e. The van der Waals surface area contributed by atoms with Crippen LogP contribution in [0.2, 0.25) is 0 Å². The van der Waals surface area contributed by atoms with E-state index in [1.807, 2.05) is 49.4 Å². The molecule has 1 saturated heterocycles. The number of nitrogen functional groups attached to an aromatic ring is 1. The van der Waals surface area contributed by atoms with Crippen LogP contribution in [0.25, 0.3) is 0 Å². The Morgan fingerprint density at radius 3 is 2.62 bits per heavy atom. The third-order valence-corrected chi connectivity index (χ3v) is 4.67. The van der Waals surface area contributed by atoms with Gasteiger partial charge in [0.2, 0.25) is 0 Å². The van der Waals surface area contributed by atoms with Crippen LogP contribution >= 0.6 is 0 Å². The molecule has 0 aromatic heterocycles. The molecule has 2 aromatic carbocycles. The van der Waals surface area contributed by atoms with E-state index in [2.05, 4.69) is 16.3 Å². The number of hydrogen-bond donors (Lipinski definition) is 2.